The van der Waals surface area contributed by atoms with Gasteiger partial charge in [-0.05, 0) is 45.8 Å². The molecule has 0 saturated carbocycles. The van der Waals surface area contributed by atoms with E-state index in [2.05, 4.69) is 26.5 Å². The van der Waals surface area contributed by atoms with E-state index in [4.69, 9.17) is 24.7 Å². The number of hydrogen-bond acceptors (Lipinski definition) is 6. The first-order valence-corrected chi connectivity index (χ1v) is 8.69. The summed E-state index contributed by atoms with van der Waals surface area (Å²) >= 11 is 3.44. The zero-order valence-electron chi connectivity index (χ0n) is 14.9. The fourth-order valence-corrected chi connectivity index (χ4v) is 2.73. The lowest BCUT2D eigenvalue weighted by Gasteiger charge is -2.14. The number of para-hydroxylation sites is 2. The van der Waals surface area contributed by atoms with E-state index in [-0.39, 0.29) is 0 Å². The normalized spacial score (nSPS) is 10.5. The van der Waals surface area contributed by atoms with Crippen molar-refractivity contribution in [1.82, 2.24) is 5.43 Å². The summed E-state index contributed by atoms with van der Waals surface area (Å²) in [5.41, 5.74) is 7.77. The Morgan fingerprint density at radius 2 is 1.78 bits per heavy atom. The predicted molar refractivity (Wildman–Crippen MR) is 105 cm³/mol. The van der Waals surface area contributed by atoms with E-state index >= 15 is 0 Å². The minimum Gasteiger partial charge on any atom is -0.493 e. The first-order valence-electron chi connectivity index (χ1n) is 7.89. The third-order valence-electron chi connectivity index (χ3n) is 3.30. The zero-order chi connectivity index (χ0) is 19.6. The number of primary amides is 1. The van der Waals surface area contributed by atoms with Gasteiger partial charge in [-0.3, -0.25) is 0 Å². The molecular weight excluding hydrogens is 418 g/mol. The van der Waals surface area contributed by atoms with Crippen molar-refractivity contribution in [3.63, 3.8) is 0 Å². The van der Waals surface area contributed by atoms with Gasteiger partial charge in [-0.15, -0.1) is 0 Å². The topological polar surface area (TPSA) is 104 Å². The summed E-state index contributed by atoms with van der Waals surface area (Å²) in [5, 5.41) is 3.71. The number of rotatable bonds is 9. The molecular formula is C18H20BrN3O5. The monoisotopic (exact) mass is 437 g/mol. The Morgan fingerprint density at radius 1 is 1.11 bits per heavy atom. The smallest absolute Gasteiger partial charge is 0.332 e. The predicted octanol–water partition coefficient (Wildman–Crippen LogP) is 2.93. The summed E-state index contributed by atoms with van der Waals surface area (Å²) in [7, 11) is 3.12. The standard InChI is InChI=1S/C18H20BrN3O5/c1-24-14-5-3-4-6-15(14)26-7-8-27-17-13(19)9-12(10-16(17)25-2)11-21-22-18(20)23/h3-6,9-11H,7-8H2,1-2H3,(H3,20,22,23)/b21-11+. The third kappa shape index (κ3) is 6.07. The zero-order valence-corrected chi connectivity index (χ0v) is 16.5. The van der Waals surface area contributed by atoms with E-state index in [0.29, 0.717) is 46.2 Å². The highest BCUT2D eigenvalue weighted by Gasteiger charge is 2.12. The van der Waals surface area contributed by atoms with E-state index in [1.54, 1.807) is 19.2 Å². The number of nitrogens with zero attached hydrogens (tertiary/aromatic N) is 1. The Labute approximate surface area is 165 Å². The van der Waals surface area contributed by atoms with Crippen molar-refractivity contribution < 1.29 is 23.7 Å². The van der Waals surface area contributed by atoms with E-state index in [1.807, 2.05) is 24.3 Å². The molecule has 0 aliphatic rings. The van der Waals surface area contributed by atoms with Crippen molar-refractivity contribution in [2.24, 2.45) is 10.8 Å². The Morgan fingerprint density at radius 3 is 2.44 bits per heavy atom. The van der Waals surface area contributed by atoms with Crippen LogP contribution in [0.15, 0.2) is 46.0 Å². The maximum absolute atomic E-state index is 10.6. The summed E-state index contributed by atoms with van der Waals surface area (Å²) in [6, 6.07) is 10.1. The van der Waals surface area contributed by atoms with Gasteiger partial charge < -0.3 is 24.7 Å². The molecule has 8 nitrogen and oxygen atoms in total. The van der Waals surface area contributed by atoms with Gasteiger partial charge in [-0.1, -0.05) is 12.1 Å². The van der Waals surface area contributed by atoms with Gasteiger partial charge in [0, 0.05) is 0 Å². The molecule has 0 unspecified atom stereocenters. The van der Waals surface area contributed by atoms with Gasteiger partial charge >= 0.3 is 6.03 Å². The first-order chi connectivity index (χ1) is 13.0. The lowest BCUT2D eigenvalue weighted by Crippen LogP contribution is -2.24. The molecule has 0 fully saturated rings. The molecule has 0 radical (unpaired) electrons. The molecule has 0 heterocycles. The van der Waals surface area contributed by atoms with Crippen molar-refractivity contribution in [3.8, 4) is 23.0 Å². The first kappa shape index (κ1) is 20.4. The minimum atomic E-state index is -0.743. The number of hydrogen-bond donors (Lipinski definition) is 2. The summed E-state index contributed by atoms with van der Waals surface area (Å²) in [5.74, 6) is 2.33. The van der Waals surface area contributed by atoms with E-state index in [9.17, 15) is 4.79 Å². The van der Waals surface area contributed by atoms with Crippen LogP contribution in [0.1, 0.15) is 5.56 Å². The number of nitrogens with two attached hydrogens (primary N) is 1. The fraction of sp³-hybridized carbons (Fsp3) is 0.222. The van der Waals surface area contributed by atoms with Crippen molar-refractivity contribution in [1.29, 1.82) is 0 Å². The second-order valence-electron chi connectivity index (χ2n) is 5.12. The van der Waals surface area contributed by atoms with Gasteiger partial charge in [0.25, 0.3) is 0 Å². The molecule has 3 N–H and O–H groups in total. The number of hydrazone groups is 1. The summed E-state index contributed by atoms with van der Waals surface area (Å²) in [6.07, 6.45) is 1.44. The van der Waals surface area contributed by atoms with Crippen molar-refractivity contribution in [3.05, 3.63) is 46.4 Å². The molecule has 0 saturated heterocycles. The molecule has 0 aliphatic carbocycles. The van der Waals surface area contributed by atoms with Crippen LogP contribution < -0.4 is 30.1 Å². The van der Waals surface area contributed by atoms with E-state index in [0.717, 1.165) is 0 Å². The minimum absolute atomic E-state index is 0.295. The van der Waals surface area contributed by atoms with E-state index in [1.165, 1.54) is 13.3 Å². The van der Waals surface area contributed by atoms with Crippen LogP contribution in [-0.2, 0) is 0 Å². The molecule has 9 heteroatoms. The number of ether oxygens (including phenoxy) is 4. The van der Waals surface area contributed by atoms with Crippen LogP contribution in [-0.4, -0.2) is 39.7 Å². The highest BCUT2D eigenvalue weighted by atomic mass is 79.9. The summed E-state index contributed by atoms with van der Waals surface area (Å²) < 4.78 is 22.7. The number of carbonyl (C=O) groups is 1. The van der Waals surface area contributed by atoms with Crippen LogP contribution in [0.5, 0.6) is 23.0 Å². The number of benzene rings is 2. The quantitative estimate of drug-likeness (QED) is 0.356. The van der Waals surface area contributed by atoms with Crippen molar-refractivity contribution >= 4 is 28.2 Å². The molecule has 0 aromatic heterocycles. The lowest BCUT2D eigenvalue weighted by molar-refractivity contribution is 0.205. The van der Waals surface area contributed by atoms with Crippen molar-refractivity contribution in [2.75, 3.05) is 27.4 Å². The number of nitrogens with one attached hydrogen (secondary N) is 1. The van der Waals surface area contributed by atoms with Gasteiger partial charge in [0.15, 0.2) is 23.0 Å². The number of halogens is 1. The van der Waals surface area contributed by atoms with Crippen LogP contribution in [0.3, 0.4) is 0 Å². The van der Waals surface area contributed by atoms with E-state index < -0.39 is 6.03 Å². The second kappa shape index (κ2) is 10.3. The maximum Gasteiger partial charge on any atom is 0.332 e. The Kier molecular flexibility index (Phi) is 7.75. The Hall–Kier alpha value is -2.94. The molecule has 2 aromatic rings. The van der Waals surface area contributed by atoms with Gasteiger partial charge in [0.1, 0.15) is 13.2 Å². The third-order valence-corrected chi connectivity index (χ3v) is 3.89. The Bertz CT molecular complexity index is 814. The van der Waals surface area contributed by atoms with Gasteiger partial charge in [0.05, 0.1) is 24.9 Å². The van der Waals surface area contributed by atoms with Crippen molar-refractivity contribution in [2.45, 2.75) is 0 Å². The molecule has 2 amide bonds. The number of carbonyl (C=O) groups excluding carboxylic acids is 1. The van der Waals surface area contributed by atoms with Gasteiger partial charge in [0.2, 0.25) is 0 Å². The number of urea groups is 1. The molecule has 2 rings (SSSR count). The average molecular weight is 438 g/mol. The van der Waals surface area contributed by atoms with Crippen LogP contribution >= 0.6 is 15.9 Å². The molecule has 0 atom stereocenters. The summed E-state index contributed by atoms with van der Waals surface area (Å²) in [4.78, 5) is 10.6. The molecule has 0 aliphatic heterocycles. The Balaban J connectivity index is 1.99. The summed E-state index contributed by atoms with van der Waals surface area (Å²) in [6.45, 7) is 0.616. The molecule has 27 heavy (non-hydrogen) atoms. The molecule has 0 bridgehead atoms. The second-order valence-corrected chi connectivity index (χ2v) is 5.97. The highest BCUT2D eigenvalue weighted by Crippen LogP contribution is 2.36. The van der Waals surface area contributed by atoms with Gasteiger partial charge in [-0.2, -0.15) is 5.10 Å². The molecule has 2 aromatic carbocycles. The average Bonchev–Trinajstić information content (AvgIpc) is 2.66. The van der Waals surface area contributed by atoms with Crippen LogP contribution in [0.4, 0.5) is 4.79 Å². The molecule has 144 valence electrons. The lowest BCUT2D eigenvalue weighted by atomic mass is 10.2. The van der Waals surface area contributed by atoms with Gasteiger partial charge in [-0.25, -0.2) is 10.2 Å². The van der Waals surface area contributed by atoms with Crippen LogP contribution in [0.25, 0.3) is 0 Å². The van der Waals surface area contributed by atoms with Crippen LogP contribution in [0, 0.1) is 0 Å². The molecule has 0 spiro atoms. The number of amides is 2. The largest absolute Gasteiger partial charge is 0.493 e. The van der Waals surface area contributed by atoms with Crippen LogP contribution in [0.2, 0.25) is 0 Å². The maximum atomic E-state index is 10.6. The SMILES string of the molecule is COc1ccccc1OCCOc1c(Br)cc(/C=N/NC(N)=O)cc1OC. The highest BCUT2D eigenvalue weighted by molar-refractivity contribution is 9.10. The fourth-order valence-electron chi connectivity index (χ4n) is 2.16. The number of methoxy groups -OCH3 is 2.